The van der Waals surface area contributed by atoms with Gasteiger partial charge in [-0.05, 0) is 50.2 Å². The lowest BCUT2D eigenvalue weighted by molar-refractivity contribution is 0.0953. The summed E-state index contributed by atoms with van der Waals surface area (Å²) in [6.45, 7) is 2.77. The van der Waals surface area contributed by atoms with Gasteiger partial charge in [-0.15, -0.1) is 0 Å². The van der Waals surface area contributed by atoms with E-state index in [0.29, 0.717) is 18.1 Å². The first-order valence-electron chi connectivity index (χ1n) is 9.39. The molecule has 0 aliphatic heterocycles. The van der Waals surface area contributed by atoms with Gasteiger partial charge < -0.3 is 10.6 Å². The second-order valence-electron chi connectivity index (χ2n) is 6.55. The summed E-state index contributed by atoms with van der Waals surface area (Å²) in [4.78, 5) is 20.8. The molecule has 1 aromatic heterocycles. The summed E-state index contributed by atoms with van der Waals surface area (Å²) in [7, 11) is 0. The van der Waals surface area contributed by atoms with Crippen molar-refractivity contribution < 1.29 is 4.79 Å². The molecule has 1 heterocycles. The van der Waals surface area contributed by atoms with Crippen molar-refractivity contribution >= 4 is 17.5 Å². The molecular weight excluding hydrogens is 324 g/mol. The van der Waals surface area contributed by atoms with E-state index in [1.165, 1.54) is 36.8 Å². The zero-order chi connectivity index (χ0) is 18.2. The minimum absolute atomic E-state index is 0.123. The van der Waals surface area contributed by atoms with Crippen molar-refractivity contribution in [2.24, 2.45) is 0 Å². The molecule has 0 saturated carbocycles. The average molecular weight is 350 g/mol. The molecule has 0 bridgehead atoms. The van der Waals surface area contributed by atoms with Crippen molar-refractivity contribution in [1.29, 1.82) is 0 Å². The summed E-state index contributed by atoms with van der Waals surface area (Å²) in [6, 6.07) is 8.07. The molecule has 3 rings (SSSR count). The van der Waals surface area contributed by atoms with E-state index in [9.17, 15) is 4.79 Å². The summed E-state index contributed by atoms with van der Waals surface area (Å²) in [5.41, 5.74) is 4.14. The number of hydrogen-bond acceptors (Lipinski definition) is 4. The third-order valence-electron chi connectivity index (χ3n) is 4.68. The molecule has 0 spiro atoms. The lowest BCUT2D eigenvalue weighted by atomic mass is 9.97. The lowest BCUT2D eigenvalue weighted by Crippen LogP contribution is -2.25. The first-order valence-corrected chi connectivity index (χ1v) is 9.39. The average Bonchev–Trinajstić information content (AvgIpc) is 2.70. The standard InChI is InChI=1S/C21H26N4O/c1-2-17-10-6-7-11-19(17)25-21-23-14-18(15-24-21)20(26)22-13-12-16-8-4-3-5-9-16/h6-8,10-11,14-15H,2-5,9,12-13H2,1H3,(H,22,26)(H,23,24,25). The first kappa shape index (κ1) is 18.1. The van der Waals surface area contributed by atoms with Gasteiger partial charge >= 0.3 is 0 Å². The van der Waals surface area contributed by atoms with Crippen molar-refractivity contribution in [3.8, 4) is 0 Å². The molecule has 0 unspecified atom stereocenters. The Morgan fingerprint density at radius 3 is 2.69 bits per heavy atom. The lowest BCUT2D eigenvalue weighted by Gasteiger charge is -2.13. The van der Waals surface area contributed by atoms with Crippen LogP contribution in [0.4, 0.5) is 11.6 Å². The second kappa shape index (κ2) is 9.13. The number of hydrogen-bond donors (Lipinski definition) is 2. The fraction of sp³-hybridized carbons (Fsp3) is 0.381. The summed E-state index contributed by atoms with van der Waals surface area (Å²) in [5, 5.41) is 6.17. The predicted octanol–water partition coefficient (Wildman–Crippen LogP) is 4.40. The first-order chi connectivity index (χ1) is 12.8. The second-order valence-corrected chi connectivity index (χ2v) is 6.55. The Morgan fingerprint density at radius 2 is 1.96 bits per heavy atom. The molecule has 5 nitrogen and oxygen atoms in total. The molecule has 0 atom stereocenters. The van der Waals surface area contributed by atoms with E-state index in [2.05, 4.69) is 39.7 Å². The number of anilines is 2. The molecule has 5 heteroatoms. The van der Waals surface area contributed by atoms with Gasteiger partial charge in [0, 0.05) is 24.6 Å². The Kier molecular flexibility index (Phi) is 6.36. The van der Waals surface area contributed by atoms with Crippen molar-refractivity contribution in [3.63, 3.8) is 0 Å². The quantitative estimate of drug-likeness (QED) is 0.726. The fourth-order valence-corrected chi connectivity index (χ4v) is 3.15. The number of carbonyl (C=O) groups is 1. The number of benzene rings is 1. The van der Waals surface area contributed by atoms with Gasteiger partial charge in [0.2, 0.25) is 5.95 Å². The van der Waals surface area contributed by atoms with E-state index in [1.54, 1.807) is 12.4 Å². The minimum atomic E-state index is -0.123. The molecule has 136 valence electrons. The summed E-state index contributed by atoms with van der Waals surface area (Å²) in [6.07, 6.45) is 12.2. The van der Waals surface area contributed by atoms with Gasteiger partial charge in [0.15, 0.2) is 0 Å². The number of nitrogens with one attached hydrogen (secondary N) is 2. The van der Waals surface area contributed by atoms with Crippen molar-refractivity contribution in [3.05, 3.63) is 59.4 Å². The van der Waals surface area contributed by atoms with Crippen LogP contribution in [-0.4, -0.2) is 22.4 Å². The molecule has 1 aliphatic carbocycles. The molecule has 0 radical (unpaired) electrons. The van der Waals surface area contributed by atoms with Crippen LogP contribution in [0.2, 0.25) is 0 Å². The molecule has 0 fully saturated rings. The van der Waals surface area contributed by atoms with Crippen molar-refractivity contribution in [1.82, 2.24) is 15.3 Å². The van der Waals surface area contributed by atoms with Gasteiger partial charge in [-0.25, -0.2) is 9.97 Å². The van der Waals surface area contributed by atoms with Gasteiger partial charge in [0.25, 0.3) is 5.91 Å². The van der Waals surface area contributed by atoms with Gasteiger partial charge in [-0.2, -0.15) is 0 Å². The predicted molar refractivity (Wildman–Crippen MR) is 105 cm³/mol. The Morgan fingerprint density at radius 1 is 1.15 bits per heavy atom. The van der Waals surface area contributed by atoms with E-state index in [4.69, 9.17) is 0 Å². The zero-order valence-electron chi connectivity index (χ0n) is 15.3. The largest absolute Gasteiger partial charge is 0.352 e. The number of aryl methyl sites for hydroxylation is 1. The maximum absolute atomic E-state index is 12.2. The van der Waals surface area contributed by atoms with Gasteiger partial charge in [-0.3, -0.25) is 4.79 Å². The maximum atomic E-state index is 12.2. The highest BCUT2D eigenvalue weighted by Crippen LogP contribution is 2.20. The van der Waals surface area contributed by atoms with Crippen LogP contribution in [0, 0.1) is 0 Å². The molecule has 2 aromatic rings. The third kappa shape index (κ3) is 4.91. The molecule has 2 N–H and O–H groups in total. The number of para-hydroxylation sites is 1. The van der Waals surface area contributed by atoms with E-state index in [0.717, 1.165) is 18.5 Å². The SMILES string of the molecule is CCc1ccccc1Nc1ncc(C(=O)NCCC2=CCCCC2)cn1. The van der Waals surface area contributed by atoms with E-state index in [-0.39, 0.29) is 5.91 Å². The highest BCUT2D eigenvalue weighted by molar-refractivity contribution is 5.93. The summed E-state index contributed by atoms with van der Waals surface area (Å²) in [5.74, 6) is 0.372. The van der Waals surface area contributed by atoms with Crippen LogP contribution in [0.15, 0.2) is 48.3 Å². The summed E-state index contributed by atoms with van der Waals surface area (Å²) >= 11 is 0. The van der Waals surface area contributed by atoms with E-state index < -0.39 is 0 Å². The third-order valence-corrected chi connectivity index (χ3v) is 4.68. The van der Waals surface area contributed by atoms with E-state index >= 15 is 0 Å². The topological polar surface area (TPSA) is 66.9 Å². The Hall–Kier alpha value is -2.69. The van der Waals surface area contributed by atoms with Crippen LogP contribution in [0.3, 0.4) is 0 Å². The molecule has 1 amide bonds. The zero-order valence-corrected chi connectivity index (χ0v) is 15.3. The Bertz CT molecular complexity index is 768. The number of rotatable bonds is 7. The normalized spacial score (nSPS) is 13.8. The number of allylic oxidation sites excluding steroid dienone is 1. The van der Waals surface area contributed by atoms with Gasteiger partial charge in [-0.1, -0.05) is 36.8 Å². The van der Waals surface area contributed by atoms with Crippen molar-refractivity contribution in [2.75, 3.05) is 11.9 Å². The van der Waals surface area contributed by atoms with Crippen LogP contribution in [0.1, 0.15) is 54.9 Å². The van der Waals surface area contributed by atoms with Crippen LogP contribution >= 0.6 is 0 Å². The fourth-order valence-electron chi connectivity index (χ4n) is 3.15. The number of aromatic nitrogens is 2. The number of carbonyl (C=O) groups excluding carboxylic acids is 1. The molecule has 1 aromatic carbocycles. The van der Waals surface area contributed by atoms with Crippen LogP contribution < -0.4 is 10.6 Å². The van der Waals surface area contributed by atoms with Crippen LogP contribution in [0.5, 0.6) is 0 Å². The highest BCUT2D eigenvalue weighted by Gasteiger charge is 2.09. The van der Waals surface area contributed by atoms with Crippen molar-refractivity contribution in [2.45, 2.75) is 45.4 Å². The van der Waals surface area contributed by atoms with Crippen LogP contribution in [0.25, 0.3) is 0 Å². The Balaban J connectivity index is 1.53. The highest BCUT2D eigenvalue weighted by atomic mass is 16.1. The smallest absolute Gasteiger partial charge is 0.254 e. The monoisotopic (exact) mass is 350 g/mol. The maximum Gasteiger partial charge on any atom is 0.254 e. The minimum Gasteiger partial charge on any atom is -0.352 e. The number of nitrogens with zero attached hydrogens (tertiary/aromatic N) is 2. The molecule has 0 saturated heterocycles. The van der Waals surface area contributed by atoms with E-state index in [1.807, 2.05) is 18.2 Å². The molecule has 26 heavy (non-hydrogen) atoms. The Labute approximate surface area is 155 Å². The van der Waals surface area contributed by atoms with Crippen LogP contribution in [-0.2, 0) is 6.42 Å². The molecule has 1 aliphatic rings. The van der Waals surface area contributed by atoms with Gasteiger partial charge in [0.05, 0.1) is 5.56 Å². The van der Waals surface area contributed by atoms with Gasteiger partial charge in [0.1, 0.15) is 0 Å². The summed E-state index contributed by atoms with van der Waals surface area (Å²) < 4.78 is 0. The molecular formula is C21H26N4O. The number of amides is 1.